The summed E-state index contributed by atoms with van der Waals surface area (Å²) in [6.07, 6.45) is 1.90. The van der Waals surface area contributed by atoms with Gasteiger partial charge in [-0.1, -0.05) is 53.2 Å². The Morgan fingerprint density at radius 3 is 2.41 bits per heavy atom. The highest BCUT2D eigenvalue weighted by Gasteiger charge is 2.19. The van der Waals surface area contributed by atoms with E-state index in [1.807, 2.05) is 61.5 Å². The number of carbonyl (C=O) groups excluding carboxylic acids is 1. The van der Waals surface area contributed by atoms with Crippen molar-refractivity contribution in [2.24, 2.45) is 0 Å². The third kappa shape index (κ3) is 5.86. The van der Waals surface area contributed by atoms with Crippen LogP contribution in [0.5, 0.6) is 11.5 Å². The zero-order valence-electron chi connectivity index (χ0n) is 19.2. The molecule has 0 fully saturated rings. The van der Waals surface area contributed by atoms with E-state index in [0.717, 1.165) is 39.4 Å². The fourth-order valence-electron chi connectivity index (χ4n) is 3.84. The lowest BCUT2D eigenvalue weighted by molar-refractivity contribution is -0.117. The summed E-state index contributed by atoms with van der Waals surface area (Å²) >= 11 is 6.12. The van der Waals surface area contributed by atoms with Gasteiger partial charge in [-0.3, -0.25) is 4.79 Å². The van der Waals surface area contributed by atoms with Crippen LogP contribution in [0.4, 0.5) is 0 Å². The Labute approximate surface area is 204 Å². The van der Waals surface area contributed by atoms with Crippen molar-refractivity contribution in [2.75, 3.05) is 6.61 Å². The van der Waals surface area contributed by atoms with E-state index >= 15 is 0 Å². The summed E-state index contributed by atoms with van der Waals surface area (Å²) in [5.41, 5.74) is 4.85. The topological polar surface area (TPSA) is 61.6 Å². The Hall–Kier alpha value is -3.57. The molecule has 4 rings (SSSR count). The SMILES string of the molecule is CCOc1cc(Cl)ccc1-c1ccc(COc2ccc([C@@H](CC(C)=O)c3ccon3)cc2)cc1. The van der Waals surface area contributed by atoms with Gasteiger partial charge in [-0.15, -0.1) is 0 Å². The van der Waals surface area contributed by atoms with E-state index in [0.29, 0.717) is 24.7 Å². The maximum atomic E-state index is 11.7. The van der Waals surface area contributed by atoms with Crippen molar-refractivity contribution >= 4 is 17.4 Å². The maximum absolute atomic E-state index is 11.7. The minimum atomic E-state index is -0.132. The molecule has 0 saturated carbocycles. The van der Waals surface area contributed by atoms with Crippen molar-refractivity contribution in [3.05, 3.63) is 101 Å². The molecule has 1 atom stereocenters. The lowest BCUT2D eigenvalue weighted by atomic mass is 9.91. The van der Waals surface area contributed by atoms with Gasteiger partial charge in [0.1, 0.15) is 30.2 Å². The summed E-state index contributed by atoms with van der Waals surface area (Å²) < 4.78 is 16.7. The Balaban J connectivity index is 1.42. The molecule has 0 aliphatic rings. The van der Waals surface area contributed by atoms with Gasteiger partial charge in [0.15, 0.2) is 0 Å². The quantitative estimate of drug-likeness (QED) is 0.245. The fourth-order valence-corrected chi connectivity index (χ4v) is 4.00. The summed E-state index contributed by atoms with van der Waals surface area (Å²) in [7, 11) is 0. The zero-order chi connectivity index (χ0) is 23.9. The minimum Gasteiger partial charge on any atom is -0.493 e. The van der Waals surface area contributed by atoms with Crippen LogP contribution in [-0.4, -0.2) is 17.5 Å². The normalized spacial score (nSPS) is 11.7. The average Bonchev–Trinajstić information content (AvgIpc) is 3.37. The molecule has 4 aromatic rings. The maximum Gasteiger partial charge on any atom is 0.130 e. The van der Waals surface area contributed by atoms with Crippen LogP contribution in [0.15, 0.2) is 83.6 Å². The molecule has 0 aliphatic heterocycles. The number of benzene rings is 3. The van der Waals surface area contributed by atoms with E-state index in [9.17, 15) is 4.79 Å². The summed E-state index contributed by atoms with van der Waals surface area (Å²) in [6, 6.07) is 23.4. The first-order valence-corrected chi connectivity index (χ1v) is 11.6. The number of ketones is 1. The van der Waals surface area contributed by atoms with Crippen LogP contribution in [0.3, 0.4) is 0 Å². The molecule has 0 amide bonds. The molecule has 0 unspecified atom stereocenters. The largest absolute Gasteiger partial charge is 0.493 e. The van der Waals surface area contributed by atoms with Crippen molar-refractivity contribution in [1.82, 2.24) is 5.16 Å². The number of nitrogens with zero attached hydrogens (tertiary/aromatic N) is 1. The zero-order valence-corrected chi connectivity index (χ0v) is 19.9. The molecule has 0 aliphatic carbocycles. The van der Waals surface area contributed by atoms with Gasteiger partial charge in [-0.25, -0.2) is 0 Å². The summed E-state index contributed by atoms with van der Waals surface area (Å²) in [4.78, 5) is 11.7. The second kappa shape index (κ2) is 11.0. The van der Waals surface area contributed by atoms with Crippen LogP contribution in [0.25, 0.3) is 11.1 Å². The number of ether oxygens (including phenoxy) is 2. The first-order valence-electron chi connectivity index (χ1n) is 11.2. The Bertz CT molecular complexity index is 1220. The number of Topliss-reactive ketones (excluding diaryl/α,β-unsaturated/α-hetero) is 1. The van der Waals surface area contributed by atoms with Gasteiger partial charge in [0.25, 0.3) is 0 Å². The minimum absolute atomic E-state index is 0.101. The number of hydrogen-bond acceptors (Lipinski definition) is 5. The highest BCUT2D eigenvalue weighted by Crippen LogP contribution is 2.33. The lowest BCUT2D eigenvalue weighted by Gasteiger charge is -2.14. The predicted octanol–water partition coefficient (Wildman–Crippen LogP) is 7.08. The number of carbonyl (C=O) groups is 1. The van der Waals surface area contributed by atoms with E-state index in [2.05, 4.69) is 17.3 Å². The molecular formula is C28H26ClNO4. The molecular weight excluding hydrogens is 450 g/mol. The number of rotatable bonds is 10. The Morgan fingerprint density at radius 2 is 1.76 bits per heavy atom. The molecule has 3 aromatic carbocycles. The van der Waals surface area contributed by atoms with E-state index < -0.39 is 0 Å². The third-order valence-electron chi connectivity index (χ3n) is 5.50. The molecule has 1 aromatic heterocycles. The van der Waals surface area contributed by atoms with Gasteiger partial charge in [0.2, 0.25) is 0 Å². The third-order valence-corrected chi connectivity index (χ3v) is 5.74. The summed E-state index contributed by atoms with van der Waals surface area (Å²) in [5, 5.41) is 4.67. The van der Waals surface area contributed by atoms with Gasteiger partial charge in [0, 0.05) is 29.0 Å². The van der Waals surface area contributed by atoms with E-state index in [1.165, 1.54) is 6.26 Å². The highest BCUT2D eigenvalue weighted by molar-refractivity contribution is 6.30. The number of hydrogen-bond donors (Lipinski definition) is 0. The lowest BCUT2D eigenvalue weighted by Crippen LogP contribution is -2.06. The van der Waals surface area contributed by atoms with Crippen LogP contribution in [0.2, 0.25) is 5.02 Å². The van der Waals surface area contributed by atoms with Crippen molar-refractivity contribution in [2.45, 2.75) is 32.8 Å². The van der Waals surface area contributed by atoms with Crippen molar-refractivity contribution in [3.63, 3.8) is 0 Å². The van der Waals surface area contributed by atoms with E-state index in [1.54, 1.807) is 13.0 Å². The van der Waals surface area contributed by atoms with Crippen LogP contribution in [0.1, 0.15) is 43.0 Å². The molecule has 6 heteroatoms. The molecule has 0 radical (unpaired) electrons. The molecule has 34 heavy (non-hydrogen) atoms. The molecule has 1 heterocycles. The van der Waals surface area contributed by atoms with Crippen molar-refractivity contribution in [1.29, 1.82) is 0 Å². The fraction of sp³-hybridized carbons (Fsp3) is 0.214. The predicted molar refractivity (Wildman–Crippen MR) is 132 cm³/mol. The van der Waals surface area contributed by atoms with E-state index in [4.69, 9.17) is 25.6 Å². The van der Waals surface area contributed by atoms with Gasteiger partial charge < -0.3 is 14.0 Å². The number of halogens is 1. The number of aromatic nitrogens is 1. The molecule has 0 bridgehead atoms. The highest BCUT2D eigenvalue weighted by atomic mass is 35.5. The summed E-state index contributed by atoms with van der Waals surface area (Å²) in [5.74, 6) is 1.50. The van der Waals surface area contributed by atoms with Crippen LogP contribution in [-0.2, 0) is 11.4 Å². The standard InChI is InChI=1S/C28H26ClNO4/c1-3-32-28-17-23(29)10-13-25(28)21-6-4-20(5-7-21)18-33-24-11-8-22(9-12-24)26(16-19(2)31)27-14-15-34-30-27/h4-15,17,26H,3,16,18H2,1-2H3/t26-/m1/s1. The van der Waals surface area contributed by atoms with Gasteiger partial charge in [-0.05, 0) is 60.9 Å². The first kappa shape index (κ1) is 23.6. The van der Waals surface area contributed by atoms with Gasteiger partial charge in [0.05, 0.1) is 12.3 Å². The molecule has 0 saturated heterocycles. The second-order valence-electron chi connectivity index (χ2n) is 8.01. The van der Waals surface area contributed by atoms with Gasteiger partial charge in [-0.2, -0.15) is 0 Å². The Morgan fingerprint density at radius 1 is 1.00 bits per heavy atom. The van der Waals surface area contributed by atoms with Crippen LogP contribution in [0, 0.1) is 0 Å². The van der Waals surface area contributed by atoms with Crippen molar-refractivity contribution < 1.29 is 18.8 Å². The van der Waals surface area contributed by atoms with Crippen molar-refractivity contribution in [3.8, 4) is 22.6 Å². The van der Waals surface area contributed by atoms with Gasteiger partial charge >= 0.3 is 0 Å². The first-order chi connectivity index (χ1) is 16.5. The molecule has 5 nitrogen and oxygen atoms in total. The molecule has 0 N–H and O–H groups in total. The summed E-state index contributed by atoms with van der Waals surface area (Å²) in [6.45, 7) is 4.56. The monoisotopic (exact) mass is 475 g/mol. The van der Waals surface area contributed by atoms with Crippen LogP contribution < -0.4 is 9.47 Å². The Kier molecular flexibility index (Phi) is 7.65. The smallest absolute Gasteiger partial charge is 0.130 e. The van der Waals surface area contributed by atoms with E-state index in [-0.39, 0.29) is 11.7 Å². The second-order valence-corrected chi connectivity index (χ2v) is 8.45. The van der Waals surface area contributed by atoms with Crippen LogP contribution >= 0.6 is 11.6 Å². The average molecular weight is 476 g/mol. The molecule has 174 valence electrons. The molecule has 0 spiro atoms.